The van der Waals surface area contributed by atoms with Gasteiger partial charge in [-0.3, -0.25) is 0 Å². The number of nitrogens with one attached hydrogen (secondary N) is 2. The van der Waals surface area contributed by atoms with E-state index in [2.05, 4.69) is 21.5 Å². The molecular formula is C7H10N3+. The normalized spacial score (nSPS) is 10.5. The Morgan fingerprint density at radius 3 is 3.20 bits per heavy atom. The lowest BCUT2D eigenvalue weighted by Gasteiger charge is -1.81. The van der Waals surface area contributed by atoms with E-state index in [0.29, 0.717) is 0 Å². The summed E-state index contributed by atoms with van der Waals surface area (Å²) in [5.74, 6) is 0. The van der Waals surface area contributed by atoms with Crippen LogP contribution in [0.25, 0.3) is 6.08 Å². The van der Waals surface area contributed by atoms with Gasteiger partial charge in [0, 0.05) is 0 Å². The van der Waals surface area contributed by atoms with Gasteiger partial charge in [0.05, 0.1) is 12.0 Å². The lowest BCUT2D eigenvalue weighted by molar-refractivity contribution is -0.413. The molecule has 1 heterocycles. The van der Waals surface area contributed by atoms with Crippen molar-refractivity contribution in [3.05, 3.63) is 24.3 Å². The van der Waals surface area contributed by atoms with E-state index in [-0.39, 0.29) is 0 Å². The monoisotopic (exact) mass is 136 g/mol. The van der Waals surface area contributed by atoms with E-state index in [0.717, 1.165) is 11.4 Å². The molecule has 10 heavy (non-hydrogen) atoms. The van der Waals surface area contributed by atoms with Crippen molar-refractivity contribution in [3.8, 4) is 0 Å². The van der Waals surface area contributed by atoms with Crippen LogP contribution in [-0.4, -0.2) is 23.2 Å². The van der Waals surface area contributed by atoms with E-state index < -0.39 is 0 Å². The van der Waals surface area contributed by atoms with E-state index in [9.17, 15) is 0 Å². The van der Waals surface area contributed by atoms with Gasteiger partial charge < -0.3 is 4.98 Å². The van der Waals surface area contributed by atoms with Crippen LogP contribution in [0.15, 0.2) is 12.9 Å². The van der Waals surface area contributed by atoms with E-state index in [1.807, 2.05) is 13.3 Å². The van der Waals surface area contributed by atoms with Crippen LogP contribution in [0, 0.1) is 0 Å². The van der Waals surface area contributed by atoms with Crippen LogP contribution in [0.2, 0.25) is 0 Å². The molecule has 3 heteroatoms. The molecule has 0 radical (unpaired) electrons. The van der Waals surface area contributed by atoms with Crippen LogP contribution in [0.4, 0.5) is 0 Å². The number of aromatic amines is 1. The highest BCUT2D eigenvalue weighted by Crippen LogP contribution is 1.98. The summed E-state index contributed by atoms with van der Waals surface area (Å²) >= 11 is 0. The van der Waals surface area contributed by atoms with E-state index in [1.54, 1.807) is 12.4 Å². The number of aromatic nitrogens is 2. The van der Waals surface area contributed by atoms with Crippen molar-refractivity contribution < 1.29 is 4.99 Å². The van der Waals surface area contributed by atoms with Gasteiger partial charge in [-0.15, -0.1) is 0 Å². The van der Waals surface area contributed by atoms with Gasteiger partial charge in [0.1, 0.15) is 12.7 Å². The summed E-state index contributed by atoms with van der Waals surface area (Å²) in [6.45, 7) is 3.62. The first-order chi connectivity index (χ1) is 4.88. The molecule has 1 aromatic heterocycles. The molecule has 3 nitrogen and oxygen atoms in total. The van der Waals surface area contributed by atoms with Crippen molar-refractivity contribution >= 4 is 12.3 Å². The Morgan fingerprint density at radius 1 is 1.80 bits per heavy atom. The van der Waals surface area contributed by atoms with Crippen LogP contribution in [0.1, 0.15) is 11.4 Å². The fourth-order valence-corrected chi connectivity index (χ4v) is 0.737. The largest absolute Gasteiger partial charge is 0.340 e. The Bertz CT molecular complexity index is 247. The molecule has 0 atom stereocenters. The molecule has 1 aromatic rings. The summed E-state index contributed by atoms with van der Waals surface area (Å²) in [4.78, 5) is 9.87. The molecule has 0 bridgehead atoms. The molecule has 0 unspecified atom stereocenters. The third-order valence-electron chi connectivity index (χ3n) is 1.18. The van der Waals surface area contributed by atoms with Gasteiger partial charge in [-0.05, 0) is 6.08 Å². The van der Waals surface area contributed by atoms with Crippen molar-refractivity contribution in [2.24, 2.45) is 0 Å². The molecule has 0 fully saturated rings. The van der Waals surface area contributed by atoms with Gasteiger partial charge >= 0.3 is 0 Å². The number of hydrogen-bond donors (Lipinski definition) is 2. The summed E-state index contributed by atoms with van der Waals surface area (Å²) in [5.41, 5.74) is 1.83. The first kappa shape index (κ1) is 6.74. The van der Waals surface area contributed by atoms with Gasteiger partial charge in [0.15, 0.2) is 6.21 Å². The maximum Gasteiger partial charge on any atom is 0.187 e. The number of nitrogens with zero attached hydrogens (tertiary/aromatic N) is 1. The van der Waals surface area contributed by atoms with Crippen molar-refractivity contribution in [2.75, 3.05) is 7.05 Å². The van der Waals surface area contributed by atoms with E-state index in [4.69, 9.17) is 0 Å². The van der Waals surface area contributed by atoms with Gasteiger partial charge in [0.25, 0.3) is 0 Å². The number of H-pyrrole nitrogens is 1. The Hall–Kier alpha value is -1.38. The predicted octanol–water partition coefficient (Wildman–Crippen LogP) is -0.818. The maximum absolute atomic E-state index is 4.01. The summed E-state index contributed by atoms with van der Waals surface area (Å²) in [5, 5.41) is 0. The third-order valence-corrected chi connectivity index (χ3v) is 1.18. The standard InChI is InChI=1S/C7H9N3/c1-3-6-7(4-8-2)10-5-9-6/h3-5H,1H2,2H3,(H,9,10)/p+1. The fraction of sp³-hybridized carbons (Fsp3) is 0.143. The number of rotatable bonds is 2. The quantitative estimate of drug-likeness (QED) is 0.513. The molecule has 0 aliphatic heterocycles. The smallest absolute Gasteiger partial charge is 0.187 e. The minimum absolute atomic E-state index is 0.870. The first-order valence-electron chi connectivity index (χ1n) is 3.04. The molecule has 0 aliphatic carbocycles. The molecule has 0 spiro atoms. The fourth-order valence-electron chi connectivity index (χ4n) is 0.737. The van der Waals surface area contributed by atoms with Crippen LogP contribution in [-0.2, 0) is 0 Å². The van der Waals surface area contributed by atoms with Crippen molar-refractivity contribution in [3.63, 3.8) is 0 Å². The van der Waals surface area contributed by atoms with Crippen molar-refractivity contribution in [2.45, 2.75) is 0 Å². The Labute approximate surface area is 59.5 Å². The molecular weight excluding hydrogens is 126 g/mol. The second-order valence-electron chi connectivity index (χ2n) is 1.84. The van der Waals surface area contributed by atoms with Gasteiger partial charge in [0.2, 0.25) is 0 Å². The molecule has 0 aliphatic rings. The molecule has 52 valence electrons. The molecule has 1 rings (SSSR count). The maximum atomic E-state index is 4.01. The summed E-state index contributed by atoms with van der Waals surface area (Å²) in [6.07, 6.45) is 5.18. The predicted molar refractivity (Wildman–Crippen MR) is 40.7 cm³/mol. The topological polar surface area (TPSA) is 42.6 Å². The average molecular weight is 136 g/mol. The van der Waals surface area contributed by atoms with E-state index >= 15 is 0 Å². The molecule has 2 N–H and O–H groups in total. The Kier molecular flexibility index (Phi) is 1.99. The Balaban J connectivity index is 3.00. The summed E-state index contributed by atoms with van der Waals surface area (Å²) < 4.78 is 0. The SMILES string of the molecule is C=Cc1nc[nH]c1C=[NH+]C. The first-order valence-corrected chi connectivity index (χ1v) is 3.04. The van der Waals surface area contributed by atoms with Gasteiger partial charge in [-0.1, -0.05) is 6.58 Å². The van der Waals surface area contributed by atoms with Crippen molar-refractivity contribution in [1.29, 1.82) is 0 Å². The minimum Gasteiger partial charge on any atom is -0.340 e. The molecule has 0 saturated heterocycles. The van der Waals surface area contributed by atoms with Crippen LogP contribution >= 0.6 is 0 Å². The summed E-state index contributed by atoms with van der Waals surface area (Å²) in [6, 6.07) is 0. The van der Waals surface area contributed by atoms with Gasteiger partial charge in [-0.2, -0.15) is 0 Å². The van der Waals surface area contributed by atoms with Crippen molar-refractivity contribution in [1.82, 2.24) is 9.97 Å². The Morgan fingerprint density at radius 2 is 2.60 bits per heavy atom. The van der Waals surface area contributed by atoms with Crippen LogP contribution in [0.3, 0.4) is 0 Å². The molecule has 0 amide bonds. The zero-order valence-corrected chi connectivity index (χ0v) is 5.89. The number of imidazole rings is 1. The van der Waals surface area contributed by atoms with Gasteiger partial charge in [-0.25, -0.2) is 9.98 Å². The van der Waals surface area contributed by atoms with E-state index in [1.165, 1.54) is 0 Å². The van der Waals surface area contributed by atoms with Crippen LogP contribution < -0.4 is 4.99 Å². The highest BCUT2D eigenvalue weighted by atomic mass is 14.9. The molecule has 0 aromatic carbocycles. The molecule has 0 saturated carbocycles. The number of hydrogen-bond acceptors (Lipinski definition) is 1. The zero-order valence-electron chi connectivity index (χ0n) is 5.89. The summed E-state index contributed by atoms with van der Waals surface area (Å²) in [7, 11) is 1.84. The second kappa shape index (κ2) is 2.96. The highest BCUT2D eigenvalue weighted by Gasteiger charge is 1.98. The second-order valence-corrected chi connectivity index (χ2v) is 1.84. The minimum atomic E-state index is 0.870. The highest BCUT2D eigenvalue weighted by molar-refractivity contribution is 5.77. The third kappa shape index (κ3) is 1.13. The lowest BCUT2D eigenvalue weighted by Crippen LogP contribution is -2.63. The lowest BCUT2D eigenvalue weighted by atomic mass is 10.3. The average Bonchev–Trinajstić information content (AvgIpc) is 2.36. The zero-order chi connectivity index (χ0) is 7.40. The van der Waals surface area contributed by atoms with Crippen LogP contribution in [0.5, 0.6) is 0 Å².